The summed E-state index contributed by atoms with van der Waals surface area (Å²) in [6.45, 7) is 0.267. The van der Waals surface area contributed by atoms with Gasteiger partial charge in [0, 0.05) is 0 Å². The minimum atomic E-state index is -0.780. The van der Waals surface area contributed by atoms with Crippen molar-refractivity contribution in [1.82, 2.24) is 9.80 Å². The first-order valence-corrected chi connectivity index (χ1v) is 8.15. The molecule has 1 saturated heterocycles. The van der Waals surface area contributed by atoms with Crippen LogP contribution in [-0.4, -0.2) is 41.1 Å². The van der Waals surface area contributed by atoms with Crippen molar-refractivity contribution in [2.24, 2.45) is 0 Å². The van der Waals surface area contributed by atoms with Gasteiger partial charge in [0.2, 0.25) is 0 Å². The SMILES string of the molecule is O=C(OCc1ccccc1)N1CCN(C(=O)OCc2ccccc2)C1=O. The Morgan fingerprint density at radius 2 is 1.12 bits per heavy atom. The van der Waals surface area contributed by atoms with Crippen molar-refractivity contribution in [3.63, 3.8) is 0 Å². The third kappa shape index (κ3) is 4.18. The van der Waals surface area contributed by atoms with Crippen LogP contribution in [0.2, 0.25) is 0 Å². The van der Waals surface area contributed by atoms with E-state index in [9.17, 15) is 14.4 Å². The number of amides is 4. The topological polar surface area (TPSA) is 76.2 Å². The Hall–Kier alpha value is -3.35. The molecular weight excluding hydrogens is 336 g/mol. The molecule has 26 heavy (non-hydrogen) atoms. The van der Waals surface area contributed by atoms with E-state index in [0.29, 0.717) is 0 Å². The van der Waals surface area contributed by atoms with Crippen LogP contribution >= 0.6 is 0 Å². The zero-order valence-corrected chi connectivity index (χ0v) is 14.0. The van der Waals surface area contributed by atoms with Crippen LogP contribution in [0.5, 0.6) is 0 Å². The number of carbonyl (C=O) groups excluding carboxylic acids is 3. The molecule has 1 fully saturated rings. The number of hydrogen-bond donors (Lipinski definition) is 0. The maximum Gasteiger partial charge on any atom is 0.418 e. The van der Waals surface area contributed by atoms with Crippen LogP contribution in [0.1, 0.15) is 11.1 Å². The maximum absolute atomic E-state index is 12.3. The van der Waals surface area contributed by atoms with E-state index < -0.39 is 18.2 Å². The lowest BCUT2D eigenvalue weighted by atomic mass is 10.2. The highest BCUT2D eigenvalue weighted by molar-refractivity contribution is 6.00. The quantitative estimate of drug-likeness (QED) is 0.841. The molecular formula is C19H18N2O5. The van der Waals surface area contributed by atoms with Gasteiger partial charge in [-0.15, -0.1) is 0 Å². The predicted octanol–water partition coefficient (Wildman–Crippen LogP) is 3.40. The number of carbonyl (C=O) groups is 3. The first-order valence-electron chi connectivity index (χ1n) is 8.15. The van der Waals surface area contributed by atoms with Gasteiger partial charge in [-0.1, -0.05) is 60.7 Å². The van der Waals surface area contributed by atoms with Gasteiger partial charge in [0.05, 0.1) is 13.1 Å². The maximum atomic E-state index is 12.3. The fourth-order valence-electron chi connectivity index (χ4n) is 2.47. The van der Waals surface area contributed by atoms with Crippen LogP contribution in [0.15, 0.2) is 60.7 Å². The van der Waals surface area contributed by atoms with Crippen molar-refractivity contribution in [2.45, 2.75) is 13.2 Å². The van der Waals surface area contributed by atoms with E-state index >= 15 is 0 Å². The average Bonchev–Trinajstić information content (AvgIpc) is 3.07. The van der Waals surface area contributed by atoms with E-state index in [1.54, 1.807) is 0 Å². The smallest absolute Gasteiger partial charge is 0.418 e. The summed E-state index contributed by atoms with van der Waals surface area (Å²) < 4.78 is 10.3. The molecule has 0 radical (unpaired) electrons. The van der Waals surface area contributed by atoms with Crippen LogP contribution in [0, 0.1) is 0 Å². The summed E-state index contributed by atoms with van der Waals surface area (Å²) in [5, 5.41) is 0. The molecule has 7 heteroatoms. The Labute approximate surface area is 150 Å². The van der Waals surface area contributed by atoms with Crippen molar-refractivity contribution in [3.8, 4) is 0 Å². The van der Waals surface area contributed by atoms with E-state index in [0.717, 1.165) is 20.9 Å². The van der Waals surface area contributed by atoms with Crippen LogP contribution in [0.4, 0.5) is 14.4 Å². The minimum Gasteiger partial charge on any atom is -0.444 e. The molecule has 2 aromatic rings. The molecule has 0 bridgehead atoms. The molecule has 1 heterocycles. The minimum absolute atomic E-state index is 0.0574. The Kier molecular flexibility index (Phi) is 5.48. The first-order chi connectivity index (χ1) is 12.6. The fourth-order valence-corrected chi connectivity index (χ4v) is 2.47. The van der Waals surface area contributed by atoms with Gasteiger partial charge in [-0.25, -0.2) is 24.2 Å². The second-order valence-corrected chi connectivity index (χ2v) is 5.67. The third-order valence-corrected chi connectivity index (χ3v) is 3.86. The molecule has 4 amide bonds. The number of rotatable bonds is 4. The van der Waals surface area contributed by atoms with E-state index in [2.05, 4.69) is 0 Å². The zero-order valence-electron chi connectivity index (χ0n) is 14.0. The molecule has 2 aromatic carbocycles. The van der Waals surface area contributed by atoms with Gasteiger partial charge in [-0.2, -0.15) is 0 Å². The van der Waals surface area contributed by atoms with Crippen molar-refractivity contribution in [3.05, 3.63) is 71.8 Å². The van der Waals surface area contributed by atoms with Crippen molar-refractivity contribution < 1.29 is 23.9 Å². The molecule has 3 rings (SSSR count). The molecule has 0 N–H and O–H groups in total. The number of imide groups is 2. The average molecular weight is 354 g/mol. The Morgan fingerprint density at radius 1 is 0.731 bits per heavy atom. The summed E-state index contributed by atoms with van der Waals surface area (Å²) in [4.78, 5) is 38.2. The van der Waals surface area contributed by atoms with Crippen LogP contribution < -0.4 is 0 Å². The molecule has 1 aliphatic rings. The molecule has 7 nitrogen and oxygen atoms in total. The summed E-state index contributed by atoms with van der Waals surface area (Å²) >= 11 is 0. The molecule has 0 unspecified atom stereocenters. The number of hydrogen-bond acceptors (Lipinski definition) is 5. The highest BCUT2D eigenvalue weighted by Crippen LogP contribution is 2.14. The second kappa shape index (κ2) is 8.15. The van der Waals surface area contributed by atoms with Crippen molar-refractivity contribution in [2.75, 3.05) is 13.1 Å². The Balaban J connectivity index is 1.50. The second-order valence-electron chi connectivity index (χ2n) is 5.67. The summed E-state index contributed by atoms with van der Waals surface area (Å²) in [7, 11) is 0. The van der Waals surface area contributed by atoms with Crippen molar-refractivity contribution in [1.29, 1.82) is 0 Å². The van der Waals surface area contributed by atoms with Gasteiger partial charge in [-0.3, -0.25) is 0 Å². The third-order valence-electron chi connectivity index (χ3n) is 3.86. The molecule has 0 atom stereocenters. The van der Waals surface area contributed by atoms with E-state index in [1.807, 2.05) is 60.7 Å². The first kappa shape index (κ1) is 17.5. The van der Waals surface area contributed by atoms with Gasteiger partial charge >= 0.3 is 18.2 Å². The molecule has 0 aromatic heterocycles. The molecule has 1 aliphatic heterocycles. The van der Waals surface area contributed by atoms with Gasteiger partial charge in [0.1, 0.15) is 13.2 Å². The van der Waals surface area contributed by atoms with E-state index in [1.165, 1.54) is 0 Å². The van der Waals surface area contributed by atoms with E-state index in [4.69, 9.17) is 9.47 Å². The van der Waals surface area contributed by atoms with Crippen LogP contribution in [0.3, 0.4) is 0 Å². The lowest BCUT2D eigenvalue weighted by molar-refractivity contribution is 0.100. The monoisotopic (exact) mass is 354 g/mol. The molecule has 0 saturated carbocycles. The van der Waals surface area contributed by atoms with Gasteiger partial charge in [0.15, 0.2) is 0 Å². The standard InChI is InChI=1S/C19H18N2O5/c22-17-20(18(23)25-13-15-7-3-1-4-8-15)11-12-21(17)19(24)26-14-16-9-5-2-6-10-16/h1-10H,11-14H2. The zero-order chi connectivity index (χ0) is 18.4. The van der Waals surface area contributed by atoms with Crippen molar-refractivity contribution >= 4 is 18.2 Å². The molecule has 0 spiro atoms. The van der Waals surface area contributed by atoms with Gasteiger partial charge in [0.25, 0.3) is 0 Å². The number of benzene rings is 2. The normalized spacial score (nSPS) is 13.6. The number of urea groups is 1. The van der Waals surface area contributed by atoms with E-state index in [-0.39, 0.29) is 26.3 Å². The van der Waals surface area contributed by atoms with Gasteiger partial charge < -0.3 is 9.47 Å². The molecule has 0 aliphatic carbocycles. The summed E-state index contributed by atoms with van der Waals surface area (Å²) in [5.74, 6) is 0. The number of ether oxygens (including phenoxy) is 2. The summed E-state index contributed by atoms with van der Waals surface area (Å²) in [6.07, 6.45) is -1.56. The van der Waals surface area contributed by atoms with Gasteiger partial charge in [-0.05, 0) is 11.1 Å². The van der Waals surface area contributed by atoms with Crippen LogP contribution in [0.25, 0.3) is 0 Å². The Morgan fingerprint density at radius 3 is 1.50 bits per heavy atom. The summed E-state index contributed by atoms with van der Waals surface area (Å²) in [5.41, 5.74) is 1.62. The number of nitrogens with zero attached hydrogens (tertiary/aromatic N) is 2. The van der Waals surface area contributed by atoms with Crippen LogP contribution in [-0.2, 0) is 22.7 Å². The lowest BCUT2D eigenvalue weighted by Gasteiger charge is -2.16. The Bertz CT molecular complexity index is 714. The molecule has 134 valence electrons. The largest absolute Gasteiger partial charge is 0.444 e. The predicted molar refractivity (Wildman–Crippen MR) is 92.1 cm³/mol. The fraction of sp³-hybridized carbons (Fsp3) is 0.211. The highest BCUT2D eigenvalue weighted by atomic mass is 16.6. The lowest BCUT2D eigenvalue weighted by Crippen LogP contribution is -2.39. The summed E-state index contributed by atoms with van der Waals surface area (Å²) in [6, 6.07) is 17.5. The highest BCUT2D eigenvalue weighted by Gasteiger charge is 2.38.